The van der Waals surface area contributed by atoms with Gasteiger partial charge in [-0.1, -0.05) is 59.9 Å². The van der Waals surface area contributed by atoms with E-state index in [0.29, 0.717) is 10.9 Å². The molecule has 0 saturated carbocycles. The summed E-state index contributed by atoms with van der Waals surface area (Å²) in [5.74, 6) is 0.380. The first-order chi connectivity index (χ1) is 13.6. The molecule has 140 valence electrons. The summed E-state index contributed by atoms with van der Waals surface area (Å²) in [7, 11) is 0. The van der Waals surface area contributed by atoms with Crippen LogP contribution in [0, 0.1) is 6.92 Å². The van der Waals surface area contributed by atoms with Crippen molar-refractivity contribution < 1.29 is 9.53 Å². The van der Waals surface area contributed by atoms with Gasteiger partial charge in [-0.15, -0.1) is 0 Å². The molecule has 3 aromatic carbocycles. The number of hydrogen-bond acceptors (Lipinski definition) is 4. The number of hydrogen-bond donors (Lipinski definition) is 1. The Hall–Kier alpha value is -2.70. The van der Waals surface area contributed by atoms with E-state index in [0.717, 1.165) is 31.4 Å². The second-order valence-corrected chi connectivity index (χ2v) is 8.17. The standard InChI is InChI=1S/C22H17BrN2O2S/c1-14-6-5-9-19-21(14)25-22(28-19)24-20(26)13-27-18-11-10-16(12-17(18)23)15-7-3-2-4-8-15/h2-12H,13H2,1H3,(H,24,25,26). The second-order valence-electron chi connectivity index (χ2n) is 6.29. The molecule has 4 aromatic rings. The highest BCUT2D eigenvalue weighted by Crippen LogP contribution is 2.31. The molecule has 0 aliphatic heterocycles. The minimum Gasteiger partial charge on any atom is -0.483 e. The predicted molar refractivity (Wildman–Crippen MR) is 118 cm³/mol. The van der Waals surface area contributed by atoms with Gasteiger partial charge in [-0.05, 0) is 57.7 Å². The smallest absolute Gasteiger partial charge is 0.264 e. The Kier molecular flexibility index (Phi) is 5.41. The van der Waals surface area contributed by atoms with Gasteiger partial charge in [0.1, 0.15) is 5.75 Å². The molecule has 1 amide bonds. The van der Waals surface area contributed by atoms with E-state index in [1.165, 1.54) is 11.3 Å². The lowest BCUT2D eigenvalue weighted by molar-refractivity contribution is -0.118. The number of carbonyl (C=O) groups excluding carboxylic acids is 1. The molecular formula is C22H17BrN2O2S. The number of rotatable bonds is 5. The van der Waals surface area contributed by atoms with Crippen LogP contribution < -0.4 is 10.1 Å². The Bertz CT molecular complexity index is 1140. The van der Waals surface area contributed by atoms with Crippen LogP contribution in [0.2, 0.25) is 0 Å². The molecule has 0 spiro atoms. The number of thiazole rings is 1. The van der Waals surface area contributed by atoms with Crippen LogP contribution in [-0.2, 0) is 4.79 Å². The van der Waals surface area contributed by atoms with Gasteiger partial charge in [-0.25, -0.2) is 4.98 Å². The Morgan fingerprint density at radius 3 is 2.64 bits per heavy atom. The van der Waals surface area contributed by atoms with Gasteiger partial charge < -0.3 is 4.74 Å². The first kappa shape index (κ1) is 18.7. The summed E-state index contributed by atoms with van der Waals surface area (Å²) >= 11 is 4.98. The van der Waals surface area contributed by atoms with Crippen LogP contribution in [0.5, 0.6) is 5.75 Å². The predicted octanol–water partition coefficient (Wildman–Crippen LogP) is 6.05. The number of nitrogens with one attached hydrogen (secondary N) is 1. The number of anilines is 1. The van der Waals surface area contributed by atoms with Crippen molar-refractivity contribution in [3.8, 4) is 16.9 Å². The molecule has 0 atom stereocenters. The molecule has 1 heterocycles. The second kappa shape index (κ2) is 8.12. The third-order valence-corrected chi connectivity index (χ3v) is 5.82. The zero-order valence-electron chi connectivity index (χ0n) is 15.1. The summed E-state index contributed by atoms with van der Waals surface area (Å²) in [4.78, 5) is 16.8. The van der Waals surface area contributed by atoms with Crippen LogP contribution in [0.4, 0.5) is 5.13 Å². The third kappa shape index (κ3) is 4.08. The normalized spacial score (nSPS) is 10.8. The lowest BCUT2D eigenvalue weighted by atomic mass is 10.1. The minimum absolute atomic E-state index is 0.0851. The van der Waals surface area contributed by atoms with Crippen molar-refractivity contribution in [1.29, 1.82) is 0 Å². The number of aryl methyl sites for hydroxylation is 1. The molecule has 4 rings (SSSR count). The summed E-state index contributed by atoms with van der Waals surface area (Å²) in [5.41, 5.74) is 4.21. The summed E-state index contributed by atoms with van der Waals surface area (Å²) in [5, 5.41) is 3.39. The van der Waals surface area contributed by atoms with Crippen molar-refractivity contribution in [3.05, 3.63) is 76.8 Å². The van der Waals surface area contributed by atoms with Gasteiger partial charge >= 0.3 is 0 Å². The Labute approximate surface area is 175 Å². The van der Waals surface area contributed by atoms with Gasteiger partial charge in [0.2, 0.25) is 0 Å². The number of aromatic nitrogens is 1. The fraction of sp³-hybridized carbons (Fsp3) is 0.0909. The molecule has 1 N–H and O–H groups in total. The summed E-state index contributed by atoms with van der Waals surface area (Å²) < 4.78 is 7.53. The number of carbonyl (C=O) groups is 1. The summed E-state index contributed by atoms with van der Waals surface area (Å²) in [6.45, 7) is 1.92. The van der Waals surface area contributed by atoms with E-state index < -0.39 is 0 Å². The zero-order valence-corrected chi connectivity index (χ0v) is 17.5. The van der Waals surface area contributed by atoms with E-state index in [9.17, 15) is 4.79 Å². The van der Waals surface area contributed by atoms with Gasteiger partial charge in [0.15, 0.2) is 11.7 Å². The van der Waals surface area contributed by atoms with Crippen molar-refractivity contribution in [2.45, 2.75) is 6.92 Å². The fourth-order valence-electron chi connectivity index (χ4n) is 2.87. The third-order valence-electron chi connectivity index (χ3n) is 4.26. The quantitative estimate of drug-likeness (QED) is 0.400. The summed E-state index contributed by atoms with van der Waals surface area (Å²) in [6, 6.07) is 21.9. The van der Waals surface area contributed by atoms with Crippen molar-refractivity contribution >= 4 is 48.5 Å². The molecular weight excluding hydrogens is 436 g/mol. The molecule has 28 heavy (non-hydrogen) atoms. The van der Waals surface area contributed by atoms with Gasteiger partial charge in [-0.2, -0.15) is 0 Å². The lowest BCUT2D eigenvalue weighted by Crippen LogP contribution is -2.20. The Morgan fingerprint density at radius 2 is 1.89 bits per heavy atom. The fourth-order valence-corrected chi connectivity index (χ4v) is 4.32. The molecule has 4 nitrogen and oxygen atoms in total. The number of halogens is 1. The maximum Gasteiger partial charge on any atom is 0.264 e. The van der Waals surface area contributed by atoms with Gasteiger partial charge in [0.25, 0.3) is 5.91 Å². The molecule has 0 aliphatic carbocycles. The number of benzene rings is 3. The maximum atomic E-state index is 12.3. The van der Waals surface area contributed by atoms with Crippen LogP contribution in [0.3, 0.4) is 0 Å². The van der Waals surface area contributed by atoms with E-state index in [-0.39, 0.29) is 12.5 Å². The molecule has 0 aliphatic rings. The van der Waals surface area contributed by atoms with E-state index in [1.807, 2.05) is 61.5 Å². The molecule has 0 saturated heterocycles. The van der Waals surface area contributed by atoms with Gasteiger partial charge in [0.05, 0.1) is 14.7 Å². The van der Waals surface area contributed by atoms with Crippen LogP contribution in [0.1, 0.15) is 5.56 Å². The monoisotopic (exact) mass is 452 g/mol. The van der Waals surface area contributed by atoms with Crippen molar-refractivity contribution in [3.63, 3.8) is 0 Å². The van der Waals surface area contributed by atoms with Crippen molar-refractivity contribution in [2.24, 2.45) is 0 Å². The first-order valence-electron chi connectivity index (χ1n) is 8.74. The van der Waals surface area contributed by atoms with Crippen LogP contribution in [-0.4, -0.2) is 17.5 Å². The number of ether oxygens (including phenoxy) is 1. The number of para-hydroxylation sites is 1. The van der Waals surface area contributed by atoms with Crippen LogP contribution in [0.15, 0.2) is 71.2 Å². The zero-order chi connectivity index (χ0) is 19.5. The summed E-state index contributed by atoms with van der Waals surface area (Å²) in [6.07, 6.45) is 0. The highest BCUT2D eigenvalue weighted by atomic mass is 79.9. The molecule has 0 unspecified atom stereocenters. The van der Waals surface area contributed by atoms with Crippen LogP contribution >= 0.6 is 27.3 Å². The van der Waals surface area contributed by atoms with E-state index in [4.69, 9.17) is 4.74 Å². The number of fused-ring (bicyclic) bond motifs is 1. The minimum atomic E-state index is -0.240. The molecule has 6 heteroatoms. The molecule has 0 fully saturated rings. The molecule has 0 bridgehead atoms. The highest BCUT2D eigenvalue weighted by molar-refractivity contribution is 9.10. The Balaban J connectivity index is 1.41. The van der Waals surface area contributed by atoms with E-state index in [1.54, 1.807) is 0 Å². The van der Waals surface area contributed by atoms with Gasteiger partial charge in [-0.3, -0.25) is 10.1 Å². The van der Waals surface area contributed by atoms with E-state index in [2.05, 4.69) is 38.4 Å². The van der Waals surface area contributed by atoms with Gasteiger partial charge in [0, 0.05) is 0 Å². The highest BCUT2D eigenvalue weighted by Gasteiger charge is 2.11. The average molecular weight is 453 g/mol. The van der Waals surface area contributed by atoms with Crippen LogP contribution in [0.25, 0.3) is 21.3 Å². The SMILES string of the molecule is Cc1cccc2sc(NC(=O)COc3ccc(-c4ccccc4)cc3Br)nc12. The maximum absolute atomic E-state index is 12.3. The van der Waals surface area contributed by atoms with Crippen molar-refractivity contribution in [1.82, 2.24) is 4.98 Å². The first-order valence-corrected chi connectivity index (χ1v) is 10.3. The topological polar surface area (TPSA) is 51.2 Å². The number of nitrogens with zero attached hydrogens (tertiary/aromatic N) is 1. The average Bonchev–Trinajstić information content (AvgIpc) is 3.11. The number of amides is 1. The van der Waals surface area contributed by atoms with E-state index >= 15 is 0 Å². The van der Waals surface area contributed by atoms with Crippen molar-refractivity contribution in [2.75, 3.05) is 11.9 Å². The molecule has 1 aromatic heterocycles. The Morgan fingerprint density at radius 1 is 1.07 bits per heavy atom. The largest absolute Gasteiger partial charge is 0.483 e. The molecule has 0 radical (unpaired) electrons. The lowest BCUT2D eigenvalue weighted by Gasteiger charge is -2.09.